The quantitative estimate of drug-likeness (QED) is 0.0211. The molecule has 2 unspecified atom stereocenters. The molecule has 10 heteroatoms. The molecule has 0 aromatic carbocycles. The van der Waals surface area contributed by atoms with Gasteiger partial charge < -0.3 is 18.9 Å². The number of phosphoric acid groups is 1. The predicted octanol–water partition coefficient (Wildman–Crippen LogP) is 20.9. The molecule has 0 amide bonds. The Labute approximate surface area is 477 Å². The number of likely N-dealkylation sites (N-methyl/N-ethyl adjacent to an activating group) is 1. The van der Waals surface area contributed by atoms with E-state index in [9.17, 15) is 19.0 Å². The topological polar surface area (TPSA) is 108 Å². The molecule has 0 fully saturated rings. The first-order valence-electron chi connectivity index (χ1n) is 32.9. The Bertz CT molecular complexity index is 1440. The number of carbonyl (C=O) groups is 2. The van der Waals surface area contributed by atoms with E-state index in [1.54, 1.807) is 0 Å². The Morgan fingerprint density at radius 2 is 0.701 bits per heavy atom. The monoisotopic (exact) mass is 1100 g/mol. The molecule has 0 aliphatic heterocycles. The summed E-state index contributed by atoms with van der Waals surface area (Å²) in [7, 11) is 1.48. The van der Waals surface area contributed by atoms with Crippen LogP contribution < -0.4 is 0 Å². The second-order valence-corrected chi connectivity index (χ2v) is 25.0. The molecule has 452 valence electrons. The smallest absolute Gasteiger partial charge is 0.462 e. The van der Waals surface area contributed by atoms with Crippen molar-refractivity contribution in [3.8, 4) is 0 Å². The van der Waals surface area contributed by atoms with Crippen molar-refractivity contribution in [2.75, 3.05) is 47.5 Å². The van der Waals surface area contributed by atoms with Crippen LogP contribution in [0.2, 0.25) is 0 Å². The maximum atomic E-state index is 12.8. The predicted molar refractivity (Wildman–Crippen MR) is 330 cm³/mol. The fraction of sp³-hybridized carbons (Fsp3) is 0.851. The highest BCUT2D eigenvalue weighted by Crippen LogP contribution is 2.43. The van der Waals surface area contributed by atoms with Gasteiger partial charge in [-0.1, -0.05) is 274 Å². The molecule has 0 rings (SSSR count). The van der Waals surface area contributed by atoms with Crippen LogP contribution in [-0.4, -0.2) is 74.9 Å². The summed E-state index contributed by atoms with van der Waals surface area (Å²) in [5.41, 5.74) is 0. The van der Waals surface area contributed by atoms with Gasteiger partial charge in [-0.2, -0.15) is 0 Å². The molecule has 0 saturated heterocycles. The summed E-state index contributed by atoms with van der Waals surface area (Å²) in [5.74, 6) is -0.794. The Morgan fingerprint density at radius 3 is 1.05 bits per heavy atom. The van der Waals surface area contributed by atoms with E-state index in [1.807, 2.05) is 21.1 Å². The van der Waals surface area contributed by atoms with E-state index in [2.05, 4.69) is 62.5 Å². The lowest BCUT2D eigenvalue weighted by atomic mass is 10.0. The molecule has 0 aromatic rings. The number of phosphoric ester groups is 1. The van der Waals surface area contributed by atoms with Crippen LogP contribution in [0.5, 0.6) is 0 Å². The second kappa shape index (κ2) is 58.6. The van der Waals surface area contributed by atoms with Gasteiger partial charge in [-0.25, -0.2) is 4.57 Å². The summed E-state index contributed by atoms with van der Waals surface area (Å²) in [6.45, 7) is 4.44. The average molecular weight is 1110 g/mol. The normalized spacial score (nSPS) is 13.5. The Balaban J connectivity index is 3.89. The third-order valence-electron chi connectivity index (χ3n) is 14.6. The lowest BCUT2D eigenvalue weighted by molar-refractivity contribution is -0.870. The fourth-order valence-corrected chi connectivity index (χ4v) is 10.2. The van der Waals surface area contributed by atoms with Gasteiger partial charge in [0.25, 0.3) is 0 Å². The summed E-state index contributed by atoms with van der Waals surface area (Å²) >= 11 is 0. The zero-order valence-corrected chi connectivity index (χ0v) is 52.4. The molecule has 0 bridgehead atoms. The number of hydrogen-bond acceptors (Lipinski definition) is 7. The van der Waals surface area contributed by atoms with E-state index in [0.29, 0.717) is 17.4 Å². The standard InChI is InChI=1S/C67H126NO8P/c1-6-8-10-12-14-16-18-20-22-23-24-25-26-27-28-29-30-31-32-33-34-35-36-37-38-39-40-41-42-43-44-45-46-48-50-52-54-56-58-60-67(70)76-65(64-75-77(71,72)74-62-61-68(3,4)5)63-73-66(69)59-57-55-53-51-49-47-21-19-17-15-13-11-9-7-2/h18-21,23-24,26-27,65H,6-17,22,25,28-64H2,1-5H3/p+1/b20-18-,21-19-,24-23-,27-26-. The van der Waals surface area contributed by atoms with Crippen LogP contribution >= 0.6 is 7.82 Å². The van der Waals surface area contributed by atoms with Gasteiger partial charge in [0.2, 0.25) is 0 Å². The molecular formula is C67H127NO8P+. The molecule has 0 aromatic heterocycles. The molecule has 9 nitrogen and oxygen atoms in total. The van der Waals surface area contributed by atoms with Crippen LogP contribution in [0.25, 0.3) is 0 Å². The van der Waals surface area contributed by atoms with Crippen LogP contribution in [-0.2, 0) is 32.7 Å². The van der Waals surface area contributed by atoms with Gasteiger partial charge >= 0.3 is 19.8 Å². The number of allylic oxidation sites excluding steroid dienone is 8. The minimum atomic E-state index is -4.38. The first kappa shape index (κ1) is 75.0. The first-order valence-corrected chi connectivity index (χ1v) is 34.4. The number of carbonyl (C=O) groups excluding carboxylic acids is 2. The average Bonchev–Trinajstić information content (AvgIpc) is 3.39. The van der Waals surface area contributed by atoms with Crippen molar-refractivity contribution in [1.29, 1.82) is 0 Å². The van der Waals surface area contributed by atoms with Crippen molar-refractivity contribution in [2.24, 2.45) is 0 Å². The molecule has 0 aliphatic rings. The second-order valence-electron chi connectivity index (χ2n) is 23.5. The van der Waals surface area contributed by atoms with Gasteiger partial charge in [-0.3, -0.25) is 18.6 Å². The highest BCUT2D eigenvalue weighted by atomic mass is 31.2. The molecule has 0 radical (unpaired) electrons. The van der Waals surface area contributed by atoms with Crippen molar-refractivity contribution < 1.29 is 42.1 Å². The molecule has 2 atom stereocenters. The number of ether oxygens (including phenoxy) is 2. The van der Waals surface area contributed by atoms with Crippen molar-refractivity contribution in [1.82, 2.24) is 0 Å². The zero-order chi connectivity index (χ0) is 56.3. The number of hydrogen-bond donors (Lipinski definition) is 1. The molecular weight excluding hydrogens is 978 g/mol. The van der Waals surface area contributed by atoms with Gasteiger partial charge in [0.1, 0.15) is 19.8 Å². The molecule has 0 saturated carbocycles. The van der Waals surface area contributed by atoms with Gasteiger partial charge in [0, 0.05) is 12.8 Å². The Kier molecular flexibility index (Phi) is 57.1. The number of esters is 2. The van der Waals surface area contributed by atoms with Crippen LogP contribution in [0, 0.1) is 0 Å². The molecule has 1 N–H and O–H groups in total. The van der Waals surface area contributed by atoms with Crippen LogP contribution in [0.4, 0.5) is 0 Å². The van der Waals surface area contributed by atoms with Gasteiger partial charge in [0.05, 0.1) is 27.7 Å². The van der Waals surface area contributed by atoms with Crippen LogP contribution in [0.3, 0.4) is 0 Å². The zero-order valence-electron chi connectivity index (χ0n) is 51.5. The molecule has 77 heavy (non-hydrogen) atoms. The van der Waals surface area contributed by atoms with Gasteiger partial charge in [-0.05, 0) is 77.0 Å². The van der Waals surface area contributed by atoms with E-state index in [-0.39, 0.29) is 32.0 Å². The van der Waals surface area contributed by atoms with Crippen LogP contribution in [0.15, 0.2) is 48.6 Å². The van der Waals surface area contributed by atoms with Crippen molar-refractivity contribution >= 4 is 19.8 Å². The summed E-state index contributed by atoms with van der Waals surface area (Å²) in [6, 6.07) is 0. The number of nitrogens with zero attached hydrogens (tertiary/aromatic N) is 1. The van der Waals surface area contributed by atoms with Crippen molar-refractivity contribution in [3.05, 3.63) is 48.6 Å². The third-order valence-corrected chi connectivity index (χ3v) is 15.6. The summed E-state index contributed by atoms with van der Waals surface area (Å²) in [6.07, 6.45) is 75.1. The molecule has 0 spiro atoms. The van der Waals surface area contributed by atoms with Crippen molar-refractivity contribution in [2.45, 2.75) is 322 Å². The molecule has 0 heterocycles. The number of quaternary nitrogens is 1. The lowest BCUT2D eigenvalue weighted by Crippen LogP contribution is -2.37. The van der Waals surface area contributed by atoms with E-state index < -0.39 is 26.5 Å². The fourth-order valence-electron chi connectivity index (χ4n) is 9.49. The van der Waals surface area contributed by atoms with Gasteiger partial charge in [-0.15, -0.1) is 0 Å². The van der Waals surface area contributed by atoms with E-state index >= 15 is 0 Å². The lowest BCUT2D eigenvalue weighted by Gasteiger charge is -2.24. The number of rotatable bonds is 61. The highest BCUT2D eigenvalue weighted by Gasteiger charge is 2.27. The van der Waals surface area contributed by atoms with Gasteiger partial charge in [0.15, 0.2) is 6.10 Å². The van der Waals surface area contributed by atoms with E-state index in [1.165, 1.54) is 218 Å². The third kappa shape index (κ3) is 63.0. The minimum absolute atomic E-state index is 0.0321. The minimum Gasteiger partial charge on any atom is -0.462 e. The largest absolute Gasteiger partial charge is 0.472 e. The molecule has 0 aliphatic carbocycles. The first-order chi connectivity index (χ1) is 37.5. The van der Waals surface area contributed by atoms with Crippen molar-refractivity contribution in [3.63, 3.8) is 0 Å². The highest BCUT2D eigenvalue weighted by molar-refractivity contribution is 7.47. The Morgan fingerprint density at radius 1 is 0.403 bits per heavy atom. The maximum Gasteiger partial charge on any atom is 0.472 e. The SMILES string of the molecule is CCCCCCC/C=C\C/C=C\C/C=C\CCCCCCCCCCCCCCCCCCCCCCCCCCC(=O)OC(COC(=O)CCCCCCC/C=C\CCCCCCC)COP(=O)(O)OCC[N+](C)(C)C. The van der Waals surface area contributed by atoms with E-state index in [4.69, 9.17) is 18.5 Å². The maximum absolute atomic E-state index is 12.8. The van der Waals surface area contributed by atoms with Crippen LogP contribution in [0.1, 0.15) is 316 Å². The summed E-state index contributed by atoms with van der Waals surface area (Å²) < 4.78 is 34.6. The Hall–Kier alpha value is -2.03. The number of unbranched alkanes of at least 4 members (excludes halogenated alkanes) is 39. The summed E-state index contributed by atoms with van der Waals surface area (Å²) in [5, 5.41) is 0. The van der Waals surface area contributed by atoms with E-state index in [0.717, 1.165) is 64.2 Å². The summed E-state index contributed by atoms with van der Waals surface area (Å²) in [4.78, 5) is 35.7.